The first-order valence-corrected chi connectivity index (χ1v) is 8.32. The summed E-state index contributed by atoms with van der Waals surface area (Å²) in [7, 11) is 0. The van der Waals surface area contributed by atoms with Crippen LogP contribution in [0.1, 0.15) is 64.6 Å². The molecule has 1 aliphatic heterocycles. The highest BCUT2D eigenvalue weighted by Crippen LogP contribution is 2.49. The number of carbonyl (C=O) groups is 1. The van der Waals surface area contributed by atoms with E-state index in [2.05, 4.69) is 29.3 Å². The van der Waals surface area contributed by atoms with Crippen molar-refractivity contribution in [3.8, 4) is 0 Å². The molecule has 1 aromatic heterocycles. The molecular formula is C16H26N4O2. The first-order valence-electron chi connectivity index (χ1n) is 8.32. The Morgan fingerprint density at radius 2 is 2.18 bits per heavy atom. The van der Waals surface area contributed by atoms with Gasteiger partial charge in [0.15, 0.2) is 5.82 Å². The number of amides is 2. The summed E-state index contributed by atoms with van der Waals surface area (Å²) < 4.78 is 5.42. The Kier molecular flexibility index (Phi) is 3.87. The lowest BCUT2D eigenvalue weighted by Gasteiger charge is -2.25. The van der Waals surface area contributed by atoms with Crippen LogP contribution >= 0.6 is 0 Å². The predicted molar refractivity (Wildman–Crippen MR) is 82.6 cm³/mol. The van der Waals surface area contributed by atoms with Gasteiger partial charge in [0.25, 0.3) is 0 Å². The van der Waals surface area contributed by atoms with Crippen molar-refractivity contribution in [2.24, 2.45) is 5.92 Å². The van der Waals surface area contributed by atoms with Gasteiger partial charge in [-0.05, 0) is 32.6 Å². The third-order valence-electron chi connectivity index (χ3n) is 4.95. The summed E-state index contributed by atoms with van der Waals surface area (Å²) in [6, 6.07) is 0.179. The van der Waals surface area contributed by atoms with Crippen molar-refractivity contribution in [3.05, 3.63) is 11.7 Å². The Balaban J connectivity index is 1.83. The van der Waals surface area contributed by atoms with Gasteiger partial charge in [-0.1, -0.05) is 25.4 Å². The number of nitrogens with zero attached hydrogens (tertiary/aromatic N) is 3. The summed E-state index contributed by atoms with van der Waals surface area (Å²) in [5.74, 6) is 2.18. The molecule has 2 unspecified atom stereocenters. The molecule has 2 fully saturated rings. The maximum atomic E-state index is 12.3. The van der Waals surface area contributed by atoms with Crippen molar-refractivity contribution in [1.82, 2.24) is 20.4 Å². The van der Waals surface area contributed by atoms with Crippen molar-refractivity contribution in [2.45, 2.75) is 64.3 Å². The molecule has 2 atom stereocenters. The normalized spacial score (nSPS) is 27.7. The van der Waals surface area contributed by atoms with Crippen LogP contribution in [0.3, 0.4) is 0 Å². The number of carbonyl (C=O) groups excluding carboxylic acids is 1. The number of hydrogen-bond acceptors (Lipinski definition) is 4. The summed E-state index contributed by atoms with van der Waals surface area (Å²) in [6.45, 7) is 9.57. The Hall–Kier alpha value is -1.59. The van der Waals surface area contributed by atoms with E-state index in [9.17, 15) is 4.79 Å². The molecule has 6 nitrogen and oxygen atoms in total. The van der Waals surface area contributed by atoms with Crippen LogP contribution in [0.5, 0.6) is 0 Å². The van der Waals surface area contributed by atoms with Gasteiger partial charge in [-0.3, -0.25) is 0 Å². The average Bonchev–Trinajstić information content (AvgIpc) is 3.11. The zero-order chi connectivity index (χ0) is 15.9. The van der Waals surface area contributed by atoms with Gasteiger partial charge < -0.3 is 14.7 Å². The monoisotopic (exact) mass is 306 g/mol. The van der Waals surface area contributed by atoms with E-state index in [1.165, 1.54) is 6.42 Å². The van der Waals surface area contributed by atoms with Crippen molar-refractivity contribution in [3.63, 3.8) is 0 Å². The molecule has 0 bridgehead atoms. The summed E-state index contributed by atoms with van der Waals surface area (Å²) >= 11 is 0. The van der Waals surface area contributed by atoms with Crippen LogP contribution in [-0.4, -0.2) is 40.2 Å². The molecule has 1 aromatic rings. The number of nitrogens with one attached hydrogen (secondary N) is 1. The van der Waals surface area contributed by atoms with Crippen LogP contribution in [0.15, 0.2) is 4.52 Å². The lowest BCUT2D eigenvalue weighted by molar-refractivity contribution is 0.201. The highest BCUT2D eigenvalue weighted by atomic mass is 16.5. The molecule has 0 radical (unpaired) electrons. The maximum Gasteiger partial charge on any atom is 0.317 e. The summed E-state index contributed by atoms with van der Waals surface area (Å²) in [4.78, 5) is 18.9. The molecule has 122 valence electrons. The number of aromatic nitrogens is 2. The fraction of sp³-hybridized carbons (Fsp3) is 0.812. The van der Waals surface area contributed by atoms with Gasteiger partial charge in [0.2, 0.25) is 5.89 Å². The number of rotatable bonds is 3. The fourth-order valence-electron chi connectivity index (χ4n) is 3.82. The topological polar surface area (TPSA) is 71.3 Å². The molecule has 1 saturated carbocycles. The Bertz CT molecular complexity index is 554. The Morgan fingerprint density at radius 3 is 2.82 bits per heavy atom. The summed E-state index contributed by atoms with van der Waals surface area (Å²) in [5, 5.41) is 7.25. The minimum Gasteiger partial charge on any atom is -0.339 e. The minimum absolute atomic E-state index is 0.0244. The molecule has 22 heavy (non-hydrogen) atoms. The predicted octanol–water partition coefficient (Wildman–Crippen LogP) is 2.66. The van der Waals surface area contributed by atoms with E-state index < -0.39 is 0 Å². The van der Waals surface area contributed by atoms with Crippen LogP contribution < -0.4 is 5.32 Å². The van der Waals surface area contributed by atoms with E-state index >= 15 is 0 Å². The lowest BCUT2D eigenvalue weighted by Crippen LogP contribution is -2.43. The van der Waals surface area contributed by atoms with E-state index in [0.717, 1.165) is 25.2 Å². The van der Waals surface area contributed by atoms with Crippen molar-refractivity contribution in [1.29, 1.82) is 0 Å². The third-order valence-corrected chi connectivity index (χ3v) is 4.95. The first kappa shape index (κ1) is 15.3. The van der Waals surface area contributed by atoms with Crippen LogP contribution in [-0.2, 0) is 5.41 Å². The largest absolute Gasteiger partial charge is 0.339 e. The Morgan fingerprint density at radius 1 is 1.41 bits per heavy atom. The molecule has 3 rings (SSSR count). The molecule has 0 aromatic carbocycles. The fourth-order valence-corrected chi connectivity index (χ4v) is 3.82. The number of urea groups is 1. The molecule has 0 spiro atoms. The third kappa shape index (κ3) is 2.48. The van der Waals surface area contributed by atoms with Crippen LogP contribution in [0.4, 0.5) is 4.79 Å². The van der Waals surface area contributed by atoms with Gasteiger partial charge >= 0.3 is 6.03 Å². The van der Waals surface area contributed by atoms with Gasteiger partial charge in [0, 0.05) is 25.0 Å². The number of likely N-dealkylation sites (tertiary alicyclic amines) is 1. The zero-order valence-corrected chi connectivity index (χ0v) is 13.9. The minimum atomic E-state index is -0.106. The zero-order valence-electron chi connectivity index (χ0n) is 13.9. The van der Waals surface area contributed by atoms with E-state index in [1.54, 1.807) is 0 Å². The molecule has 1 saturated heterocycles. The van der Waals surface area contributed by atoms with Gasteiger partial charge in [-0.15, -0.1) is 0 Å². The quantitative estimate of drug-likeness (QED) is 0.932. The average molecular weight is 306 g/mol. The molecule has 1 aliphatic carbocycles. The van der Waals surface area contributed by atoms with E-state index in [0.29, 0.717) is 18.4 Å². The highest BCUT2D eigenvalue weighted by Gasteiger charge is 2.54. The summed E-state index contributed by atoms with van der Waals surface area (Å²) in [6.07, 6.45) is 3.35. The standard InChI is InChI=1S/C16H26N4O2/c1-10(2)13-18-14(19-22-13)16-7-5-6-12(16)8-20(9-16)15(21)17-11(3)4/h10-12H,5-9H2,1-4H3,(H,17,21). The number of fused-ring (bicyclic) bond motifs is 1. The van der Waals surface area contributed by atoms with Crippen LogP contribution in [0, 0.1) is 5.92 Å². The lowest BCUT2D eigenvalue weighted by atomic mass is 9.80. The van der Waals surface area contributed by atoms with E-state index in [4.69, 9.17) is 4.52 Å². The molecule has 2 amide bonds. The van der Waals surface area contributed by atoms with Crippen molar-refractivity contribution < 1.29 is 9.32 Å². The smallest absolute Gasteiger partial charge is 0.317 e. The second kappa shape index (κ2) is 5.56. The van der Waals surface area contributed by atoms with Gasteiger partial charge in [0.1, 0.15) is 0 Å². The van der Waals surface area contributed by atoms with Crippen molar-refractivity contribution in [2.75, 3.05) is 13.1 Å². The molecule has 1 N–H and O–H groups in total. The first-order chi connectivity index (χ1) is 10.4. The maximum absolute atomic E-state index is 12.3. The van der Waals surface area contributed by atoms with Gasteiger partial charge in [-0.25, -0.2) is 4.79 Å². The van der Waals surface area contributed by atoms with Gasteiger partial charge in [0.05, 0.1) is 5.41 Å². The molecule has 2 heterocycles. The molecule has 2 aliphatic rings. The van der Waals surface area contributed by atoms with E-state index in [-0.39, 0.29) is 23.4 Å². The SMILES string of the molecule is CC(C)NC(=O)N1CC2CCCC2(c2noc(C(C)C)n2)C1. The van der Waals surface area contributed by atoms with E-state index in [1.807, 2.05) is 18.7 Å². The van der Waals surface area contributed by atoms with Gasteiger partial charge in [-0.2, -0.15) is 4.98 Å². The highest BCUT2D eigenvalue weighted by molar-refractivity contribution is 5.75. The Labute approximate surface area is 131 Å². The molecular weight excluding hydrogens is 280 g/mol. The second-order valence-electron chi connectivity index (χ2n) is 7.34. The number of hydrogen-bond donors (Lipinski definition) is 1. The molecule has 6 heteroatoms. The second-order valence-corrected chi connectivity index (χ2v) is 7.34. The van der Waals surface area contributed by atoms with Crippen LogP contribution in [0.25, 0.3) is 0 Å². The summed E-state index contributed by atoms with van der Waals surface area (Å²) in [5.41, 5.74) is -0.106. The van der Waals surface area contributed by atoms with Crippen molar-refractivity contribution >= 4 is 6.03 Å². The van der Waals surface area contributed by atoms with Crippen LogP contribution in [0.2, 0.25) is 0 Å².